The van der Waals surface area contributed by atoms with Gasteiger partial charge in [0.2, 0.25) is 0 Å². The molecular formula is C10H18O5S. The normalized spacial score (nSPS) is 20.6. The molecule has 0 aromatic rings. The van der Waals surface area contributed by atoms with Gasteiger partial charge >= 0.3 is 5.97 Å². The predicted molar refractivity (Wildman–Crippen MR) is 58.9 cm³/mol. The number of carboxylic acid groups (broad SMARTS) is 1. The molecule has 0 spiro atoms. The molecule has 1 aliphatic carbocycles. The molecule has 0 radical (unpaired) electrons. The number of carbonyl (C=O) groups is 1. The largest absolute Gasteiger partial charge is 0.481 e. The highest BCUT2D eigenvalue weighted by Crippen LogP contribution is 2.24. The summed E-state index contributed by atoms with van der Waals surface area (Å²) >= 11 is 0. The van der Waals surface area contributed by atoms with Crippen LogP contribution in [-0.2, 0) is 14.6 Å². The summed E-state index contributed by atoms with van der Waals surface area (Å²) in [6.07, 6.45) is 2.35. The molecule has 0 heterocycles. The van der Waals surface area contributed by atoms with Crippen LogP contribution in [0.1, 0.15) is 38.5 Å². The molecule has 0 aliphatic heterocycles. The second kappa shape index (κ2) is 5.63. The van der Waals surface area contributed by atoms with Crippen molar-refractivity contribution in [3.8, 4) is 0 Å². The van der Waals surface area contributed by atoms with Gasteiger partial charge in [0, 0.05) is 0 Å². The Kier molecular flexibility index (Phi) is 4.73. The minimum atomic E-state index is -3.34. The molecule has 0 amide bonds. The molecule has 0 aromatic carbocycles. The van der Waals surface area contributed by atoms with Crippen LogP contribution in [0.4, 0.5) is 0 Å². The summed E-state index contributed by atoms with van der Waals surface area (Å²) in [5.41, 5.74) is 0. The summed E-state index contributed by atoms with van der Waals surface area (Å²) in [6, 6.07) is 0. The van der Waals surface area contributed by atoms with Crippen LogP contribution >= 0.6 is 0 Å². The van der Waals surface area contributed by atoms with Crippen LogP contribution in [0.2, 0.25) is 0 Å². The van der Waals surface area contributed by atoms with Gasteiger partial charge in [0.15, 0.2) is 9.84 Å². The van der Waals surface area contributed by atoms with Crippen LogP contribution < -0.4 is 0 Å². The Bertz CT molecular complexity index is 329. The van der Waals surface area contributed by atoms with E-state index in [-0.39, 0.29) is 5.25 Å². The van der Waals surface area contributed by atoms with E-state index < -0.39 is 34.1 Å². The van der Waals surface area contributed by atoms with Crippen molar-refractivity contribution in [1.29, 1.82) is 0 Å². The van der Waals surface area contributed by atoms with Crippen molar-refractivity contribution in [3.63, 3.8) is 0 Å². The van der Waals surface area contributed by atoms with Gasteiger partial charge in [0.1, 0.15) is 0 Å². The molecule has 0 aromatic heterocycles. The number of hydrogen-bond donors (Lipinski definition) is 2. The van der Waals surface area contributed by atoms with Crippen LogP contribution in [-0.4, -0.2) is 41.7 Å². The number of rotatable bonds is 5. The maximum absolute atomic E-state index is 11.8. The second-order valence-electron chi connectivity index (χ2n) is 4.34. The molecular weight excluding hydrogens is 232 g/mol. The van der Waals surface area contributed by atoms with Crippen LogP contribution in [0.15, 0.2) is 0 Å². The molecule has 6 heteroatoms. The molecule has 1 atom stereocenters. The van der Waals surface area contributed by atoms with Crippen molar-refractivity contribution in [3.05, 3.63) is 0 Å². The first-order valence-corrected chi connectivity index (χ1v) is 7.25. The first-order valence-electron chi connectivity index (χ1n) is 5.53. The molecule has 1 saturated carbocycles. The van der Waals surface area contributed by atoms with E-state index in [9.17, 15) is 18.3 Å². The maximum atomic E-state index is 11.8. The lowest BCUT2D eigenvalue weighted by molar-refractivity contribution is -0.138. The zero-order valence-electron chi connectivity index (χ0n) is 9.13. The Morgan fingerprint density at radius 3 is 2.31 bits per heavy atom. The zero-order valence-corrected chi connectivity index (χ0v) is 9.95. The molecule has 1 aliphatic rings. The van der Waals surface area contributed by atoms with Crippen molar-refractivity contribution in [2.24, 2.45) is 0 Å². The smallest absolute Gasteiger partial charge is 0.306 e. The fourth-order valence-corrected chi connectivity index (χ4v) is 4.07. The first-order chi connectivity index (χ1) is 7.42. The van der Waals surface area contributed by atoms with E-state index in [1.54, 1.807) is 0 Å². The average molecular weight is 250 g/mol. The van der Waals surface area contributed by atoms with Gasteiger partial charge in [-0.25, -0.2) is 8.42 Å². The monoisotopic (exact) mass is 250 g/mol. The highest BCUT2D eigenvalue weighted by molar-refractivity contribution is 7.92. The van der Waals surface area contributed by atoms with Gasteiger partial charge in [-0.2, -0.15) is 0 Å². The molecule has 1 unspecified atom stereocenters. The Hall–Kier alpha value is -0.620. The van der Waals surface area contributed by atoms with E-state index in [0.29, 0.717) is 12.8 Å². The van der Waals surface area contributed by atoms with E-state index in [0.717, 1.165) is 19.3 Å². The Balaban J connectivity index is 2.53. The molecule has 1 fully saturated rings. The summed E-state index contributed by atoms with van der Waals surface area (Å²) in [4.78, 5) is 10.3. The lowest BCUT2D eigenvalue weighted by Crippen LogP contribution is -2.32. The van der Waals surface area contributed by atoms with Crippen molar-refractivity contribution in [2.45, 2.75) is 49.9 Å². The van der Waals surface area contributed by atoms with Gasteiger partial charge in [0.05, 0.1) is 23.5 Å². The van der Waals surface area contributed by atoms with Gasteiger partial charge in [-0.15, -0.1) is 0 Å². The first kappa shape index (κ1) is 13.4. The standard InChI is InChI=1S/C10H18O5S/c11-8(6-10(12)13)7-16(14,15)9-4-2-1-3-5-9/h8-9,11H,1-7H2,(H,12,13). The molecule has 16 heavy (non-hydrogen) atoms. The third-order valence-corrected chi connectivity index (χ3v) is 5.23. The van der Waals surface area contributed by atoms with E-state index in [4.69, 9.17) is 5.11 Å². The van der Waals surface area contributed by atoms with Crippen LogP contribution in [0, 0.1) is 0 Å². The van der Waals surface area contributed by atoms with Gasteiger partial charge < -0.3 is 10.2 Å². The van der Waals surface area contributed by atoms with Crippen molar-refractivity contribution < 1.29 is 23.4 Å². The molecule has 0 saturated heterocycles. The number of aliphatic carboxylic acids is 1. The lowest BCUT2D eigenvalue weighted by Gasteiger charge is -2.22. The molecule has 94 valence electrons. The summed E-state index contributed by atoms with van der Waals surface area (Å²) in [5.74, 6) is -1.60. The summed E-state index contributed by atoms with van der Waals surface area (Å²) < 4.78 is 23.6. The fourth-order valence-electron chi connectivity index (χ4n) is 2.09. The summed E-state index contributed by atoms with van der Waals surface area (Å²) in [6.45, 7) is 0. The van der Waals surface area contributed by atoms with E-state index >= 15 is 0 Å². The van der Waals surface area contributed by atoms with Gasteiger partial charge in [-0.3, -0.25) is 4.79 Å². The SMILES string of the molecule is O=C(O)CC(O)CS(=O)(=O)C1CCCCC1. The highest BCUT2D eigenvalue weighted by Gasteiger charge is 2.29. The van der Waals surface area contributed by atoms with E-state index in [1.165, 1.54) is 0 Å². The van der Waals surface area contributed by atoms with Crippen LogP contribution in [0.3, 0.4) is 0 Å². The number of aliphatic hydroxyl groups is 1. The second-order valence-corrected chi connectivity index (χ2v) is 6.67. The van der Waals surface area contributed by atoms with Crippen molar-refractivity contribution in [2.75, 3.05) is 5.75 Å². The maximum Gasteiger partial charge on any atom is 0.306 e. The fraction of sp³-hybridized carbons (Fsp3) is 0.900. The summed E-state index contributed by atoms with van der Waals surface area (Å²) in [5, 5.41) is 17.4. The van der Waals surface area contributed by atoms with Gasteiger partial charge in [-0.1, -0.05) is 19.3 Å². The minimum absolute atomic E-state index is 0.385. The van der Waals surface area contributed by atoms with Crippen molar-refractivity contribution in [1.82, 2.24) is 0 Å². The topological polar surface area (TPSA) is 91.7 Å². The molecule has 5 nitrogen and oxygen atoms in total. The lowest BCUT2D eigenvalue weighted by atomic mass is 10.0. The van der Waals surface area contributed by atoms with Crippen LogP contribution in [0.25, 0.3) is 0 Å². The Labute approximate surface area is 95.4 Å². The molecule has 2 N–H and O–H groups in total. The van der Waals surface area contributed by atoms with Gasteiger partial charge in [0.25, 0.3) is 0 Å². The Morgan fingerprint density at radius 1 is 1.25 bits per heavy atom. The third-order valence-electron chi connectivity index (χ3n) is 2.90. The molecule has 1 rings (SSSR count). The Morgan fingerprint density at radius 2 is 1.81 bits per heavy atom. The summed E-state index contributed by atoms with van der Waals surface area (Å²) in [7, 11) is -3.34. The van der Waals surface area contributed by atoms with E-state index in [1.807, 2.05) is 0 Å². The average Bonchev–Trinajstić information content (AvgIpc) is 2.16. The minimum Gasteiger partial charge on any atom is -0.481 e. The number of hydrogen-bond acceptors (Lipinski definition) is 4. The number of carboxylic acids is 1. The van der Waals surface area contributed by atoms with Crippen LogP contribution in [0.5, 0.6) is 0 Å². The van der Waals surface area contributed by atoms with E-state index in [2.05, 4.69) is 0 Å². The molecule has 0 bridgehead atoms. The zero-order chi connectivity index (χ0) is 12.2. The van der Waals surface area contributed by atoms with Crippen molar-refractivity contribution >= 4 is 15.8 Å². The number of aliphatic hydroxyl groups excluding tert-OH is 1. The predicted octanol–water partition coefficient (Wildman–Crippen LogP) is 0.569. The number of sulfone groups is 1. The highest BCUT2D eigenvalue weighted by atomic mass is 32.2. The van der Waals surface area contributed by atoms with Gasteiger partial charge in [-0.05, 0) is 12.8 Å². The third kappa shape index (κ3) is 4.09. The quantitative estimate of drug-likeness (QED) is 0.744.